The second-order valence-electron chi connectivity index (χ2n) is 4.12. The van der Waals surface area contributed by atoms with Crippen LogP contribution in [0.2, 0.25) is 0 Å². The summed E-state index contributed by atoms with van der Waals surface area (Å²) < 4.78 is 10.5. The van der Waals surface area contributed by atoms with Crippen molar-refractivity contribution in [2.24, 2.45) is 5.84 Å². The number of hydrogen-bond donors (Lipinski definition) is 2. The fourth-order valence-corrected chi connectivity index (χ4v) is 1.90. The van der Waals surface area contributed by atoms with Crippen molar-refractivity contribution in [1.29, 1.82) is 0 Å². The van der Waals surface area contributed by atoms with E-state index >= 15 is 0 Å². The molecule has 0 radical (unpaired) electrons. The average molecular weight is 246 g/mol. The van der Waals surface area contributed by atoms with Gasteiger partial charge in [0.1, 0.15) is 11.5 Å². The Labute approximate surface area is 107 Å². The average Bonchev–Trinajstić information content (AvgIpc) is 2.94. The van der Waals surface area contributed by atoms with Crippen LogP contribution < -0.4 is 16.0 Å². The van der Waals surface area contributed by atoms with Gasteiger partial charge < -0.3 is 9.15 Å². The molecule has 4 nitrogen and oxygen atoms in total. The highest BCUT2D eigenvalue weighted by molar-refractivity contribution is 5.27. The van der Waals surface area contributed by atoms with Crippen molar-refractivity contribution in [2.45, 2.75) is 18.9 Å². The van der Waals surface area contributed by atoms with E-state index in [1.807, 2.05) is 24.3 Å². The SMILES string of the molecule is COc1ccc(CCC(NN)c2ccco2)cc1. The molecule has 1 aromatic carbocycles. The van der Waals surface area contributed by atoms with Crippen molar-refractivity contribution in [2.75, 3.05) is 7.11 Å². The Hall–Kier alpha value is -1.78. The molecule has 2 rings (SSSR count). The highest BCUT2D eigenvalue weighted by Crippen LogP contribution is 2.20. The second-order valence-corrected chi connectivity index (χ2v) is 4.12. The van der Waals surface area contributed by atoms with Gasteiger partial charge in [0, 0.05) is 0 Å². The number of hydrogen-bond acceptors (Lipinski definition) is 4. The molecule has 0 saturated carbocycles. The first-order chi connectivity index (χ1) is 8.83. The topological polar surface area (TPSA) is 60.4 Å². The number of methoxy groups -OCH3 is 1. The smallest absolute Gasteiger partial charge is 0.122 e. The minimum Gasteiger partial charge on any atom is -0.497 e. The molecule has 0 saturated heterocycles. The summed E-state index contributed by atoms with van der Waals surface area (Å²) in [6.45, 7) is 0. The summed E-state index contributed by atoms with van der Waals surface area (Å²) in [6.07, 6.45) is 3.48. The Morgan fingerprint density at radius 3 is 2.61 bits per heavy atom. The van der Waals surface area contributed by atoms with E-state index in [1.54, 1.807) is 13.4 Å². The Bertz CT molecular complexity index is 451. The van der Waals surface area contributed by atoms with Crippen LogP contribution in [-0.2, 0) is 6.42 Å². The Balaban J connectivity index is 1.93. The molecule has 3 N–H and O–H groups in total. The van der Waals surface area contributed by atoms with Crippen molar-refractivity contribution in [3.63, 3.8) is 0 Å². The van der Waals surface area contributed by atoms with Crippen LogP contribution in [0.5, 0.6) is 5.75 Å². The van der Waals surface area contributed by atoms with Gasteiger partial charge in [0.15, 0.2) is 0 Å². The summed E-state index contributed by atoms with van der Waals surface area (Å²) in [5.41, 5.74) is 4.03. The highest BCUT2D eigenvalue weighted by atomic mass is 16.5. The molecule has 1 unspecified atom stereocenters. The Morgan fingerprint density at radius 2 is 2.06 bits per heavy atom. The fourth-order valence-electron chi connectivity index (χ4n) is 1.90. The van der Waals surface area contributed by atoms with Crippen molar-refractivity contribution in [3.8, 4) is 5.75 Å². The van der Waals surface area contributed by atoms with Crippen LogP contribution in [0.4, 0.5) is 0 Å². The first kappa shape index (κ1) is 12.7. The molecule has 1 heterocycles. The number of benzene rings is 1. The predicted octanol–water partition coefficient (Wildman–Crippen LogP) is 2.43. The van der Waals surface area contributed by atoms with Crippen LogP contribution in [0.15, 0.2) is 47.1 Å². The molecule has 1 atom stereocenters. The summed E-state index contributed by atoms with van der Waals surface area (Å²) in [6, 6.07) is 11.9. The third-order valence-corrected chi connectivity index (χ3v) is 2.97. The van der Waals surface area contributed by atoms with Gasteiger partial charge in [-0.1, -0.05) is 12.1 Å². The highest BCUT2D eigenvalue weighted by Gasteiger charge is 2.12. The summed E-state index contributed by atoms with van der Waals surface area (Å²) in [7, 11) is 1.67. The zero-order valence-electron chi connectivity index (χ0n) is 10.4. The molecule has 0 aliphatic carbocycles. The Morgan fingerprint density at radius 1 is 1.28 bits per heavy atom. The lowest BCUT2D eigenvalue weighted by Crippen LogP contribution is -2.28. The van der Waals surface area contributed by atoms with Crippen molar-refractivity contribution in [1.82, 2.24) is 5.43 Å². The van der Waals surface area contributed by atoms with Gasteiger partial charge in [0.25, 0.3) is 0 Å². The number of aryl methyl sites for hydroxylation is 1. The molecular weight excluding hydrogens is 228 g/mol. The third-order valence-electron chi connectivity index (χ3n) is 2.97. The van der Waals surface area contributed by atoms with E-state index in [9.17, 15) is 0 Å². The van der Waals surface area contributed by atoms with Crippen molar-refractivity contribution in [3.05, 3.63) is 54.0 Å². The minimum absolute atomic E-state index is 0.0436. The molecule has 0 amide bonds. The maximum atomic E-state index is 5.54. The van der Waals surface area contributed by atoms with Crippen LogP contribution >= 0.6 is 0 Å². The monoisotopic (exact) mass is 246 g/mol. The first-order valence-corrected chi connectivity index (χ1v) is 5.96. The molecular formula is C14H18N2O2. The number of rotatable bonds is 6. The van der Waals surface area contributed by atoms with Crippen LogP contribution in [0.3, 0.4) is 0 Å². The normalized spacial score (nSPS) is 12.3. The molecule has 18 heavy (non-hydrogen) atoms. The van der Waals surface area contributed by atoms with E-state index in [2.05, 4.69) is 17.6 Å². The maximum Gasteiger partial charge on any atom is 0.122 e. The van der Waals surface area contributed by atoms with E-state index < -0.39 is 0 Å². The first-order valence-electron chi connectivity index (χ1n) is 5.96. The van der Waals surface area contributed by atoms with E-state index in [0.29, 0.717) is 0 Å². The van der Waals surface area contributed by atoms with E-state index in [0.717, 1.165) is 24.4 Å². The van der Waals surface area contributed by atoms with E-state index in [4.69, 9.17) is 15.0 Å². The standard InChI is InChI=1S/C14H18N2O2/c1-17-12-7-4-11(5-8-12)6-9-13(16-15)14-3-2-10-18-14/h2-5,7-8,10,13,16H,6,9,15H2,1H3. The molecule has 0 fully saturated rings. The fraction of sp³-hybridized carbons (Fsp3) is 0.286. The minimum atomic E-state index is 0.0436. The van der Waals surface area contributed by atoms with Gasteiger partial charge in [-0.3, -0.25) is 5.84 Å². The van der Waals surface area contributed by atoms with Gasteiger partial charge in [-0.05, 0) is 42.7 Å². The molecule has 2 aromatic rings. The van der Waals surface area contributed by atoms with Crippen molar-refractivity contribution < 1.29 is 9.15 Å². The number of ether oxygens (including phenoxy) is 1. The zero-order valence-corrected chi connectivity index (χ0v) is 10.4. The molecule has 0 aliphatic rings. The van der Waals surface area contributed by atoms with Gasteiger partial charge in [-0.2, -0.15) is 0 Å². The third kappa shape index (κ3) is 3.12. The molecule has 0 spiro atoms. The molecule has 0 bridgehead atoms. The van der Waals surface area contributed by atoms with Crippen LogP contribution in [-0.4, -0.2) is 7.11 Å². The largest absolute Gasteiger partial charge is 0.497 e. The van der Waals surface area contributed by atoms with Crippen LogP contribution in [0.1, 0.15) is 23.8 Å². The number of nitrogens with two attached hydrogens (primary N) is 1. The number of furan rings is 1. The van der Waals surface area contributed by atoms with Gasteiger partial charge >= 0.3 is 0 Å². The number of nitrogens with one attached hydrogen (secondary N) is 1. The molecule has 4 heteroatoms. The summed E-state index contributed by atoms with van der Waals surface area (Å²) >= 11 is 0. The zero-order chi connectivity index (χ0) is 12.8. The molecule has 0 aliphatic heterocycles. The van der Waals surface area contributed by atoms with Gasteiger partial charge in [-0.15, -0.1) is 0 Å². The predicted molar refractivity (Wildman–Crippen MR) is 70.1 cm³/mol. The van der Waals surface area contributed by atoms with Gasteiger partial charge in [0.05, 0.1) is 19.4 Å². The van der Waals surface area contributed by atoms with Gasteiger partial charge in [-0.25, -0.2) is 5.43 Å². The maximum absolute atomic E-state index is 5.54. The van der Waals surface area contributed by atoms with E-state index in [-0.39, 0.29) is 6.04 Å². The summed E-state index contributed by atoms with van der Waals surface area (Å²) in [4.78, 5) is 0. The molecule has 1 aromatic heterocycles. The second kappa shape index (κ2) is 6.23. The van der Waals surface area contributed by atoms with Crippen molar-refractivity contribution >= 4 is 0 Å². The summed E-state index contributed by atoms with van der Waals surface area (Å²) in [5, 5.41) is 0. The lowest BCUT2D eigenvalue weighted by Gasteiger charge is -2.13. The van der Waals surface area contributed by atoms with Crippen LogP contribution in [0, 0.1) is 0 Å². The lowest BCUT2D eigenvalue weighted by atomic mass is 10.0. The summed E-state index contributed by atoms with van der Waals surface area (Å²) in [5.74, 6) is 7.28. The van der Waals surface area contributed by atoms with E-state index in [1.165, 1.54) is 5.56 Å². The quantitative estimate of drug-likeness (QED) is 0.607. The number of hydrazine groups is 1. The van der Waals surface area contributed by atoms with Crippen LogP contribution in [0.25, 0.3) is 0 Å². The Kier molecular flexibility index (Phi) is 4.39. The molecule has 96 valence electrons. The van der Waals surface area contributed by atoms with Gasteiger partial charge in [0.2, 0.25) is 0 Å². The lowest BCUT2D eigenvalue weighted by molar-refractivity contribution is 0.400.